The molecule has 0 radical (unpaired) electrons. The van der Waals surface area contributed by atoms with Gasteiger partial charge < -0.3 is 0 Å². The van der Waals surface area contributed by atoms with Gasteiger partial charge in [0.1, 0.15) is 0 Å². The molecule has 31 heavy (non-hydrogen) atoms. The lowest BCUT2D eigenvalue weighted by Crippen LogP contribution is -2.87. The quantitative estimate of drug-likeness (QED) is 0.338. The van der Waals surface area contributed by atoms with Crippen LogP contribution in [0.3, 0.4) is 0 Å². The zero-order chi connectivity index (χ0) is 26.1. The van der Waals surface area contributed by atoms with Gasteiger partial charge in [-0.1, -0.05) is 197 Å². The van der Waals surface area contributed by atoms with Gasteiger partial charge in [-0.25, -0.2) is 7.35 Å². The van der Waals surface area contributed by atoms with Crippen molar-refractivity contribution in [3.05, 3.63) is 0 Å². The van der Waals surface area contributed by atoms with E-state index in [4.69, 9.17) is 0 Å². The van der Waals surface area contributed by atoms with E-state index < -0.39 is 30.1 Å². The van der Waals surface area contributed by atoms with Crippen LogP contribution in [0.15, 0.2) is 0 Å². The Labute approximate surface area is 204 Å². The number of hydrogen-bond donors (Lipinski definition) is 0. The van der Waals surface area contributed by atoms with Crippen LogP contribution in [-0.2, 0) is 0 Å². The minimum atomic E-state index is -1.77. The largest absolute Gasteiger partial charge is 0.246 e. The first-order chi connectivity index (χ1) is 12.9. The van der Waals surface area contributed by atoms with Gasteiger partial charge in [-0.05, 0) is 0 Å². The molecule has 0 saturated carbocycles. The van der Waals surface area contributed by atoms with E-state index in [9.17, 15) is 0 Å². The van der Waals surface area contributed by atoms with Crippen molar-refractivity contribution in [1.82, 2.24) is 0 Å². The second kappa shape index (κ2) is 8.22. The van der Waals surface area contributed by atoms with Crippen LogP contribution < -0.4 is 0 Å². The molecule has 0 aromatic heterocycles. The first-order valence-corrected chi connectivity index (χ1v) is 24.8. The highest BCUT2D eigenvalue weighted by Crippen LogP contribution is 2.67. The maximum atomic E-state index is 2.90. The van der Waals surface area contributed by atoms with Crippen LogP contribution >= 0.6 is 0 Å². The lowest BCUT2D eigenvalue weighted by Gasteiger charge is -2.82. The van der Waals surface area contributed by atoms with Crippen molar-refractivity contribution >= 4 is 30.1 Å². The highest BCUT2D eigenvalue weighted by atomic mass is 29.9. The van der Waals surface area contributed by atoms with Gasteiger partial charge in [0.25, 0.3) is 0 Å². The molecule has 0 aliphatic carbocycles. The summed E-state index contributed by atoms with van der Waals surface area (Å²) in [6.07, 6.45) is 0. The summed E-state index contributed by atoms with van der Waals surface area (Å²) < 4.78 is 0. The van der Waals surface area contributed by atoms with Crippen LogP contribution in [0.1, 0.15) is 125 Å². The van der Waals surface area contributed by atoms with Crippen molar-refractivity contribution in [3.63, 3.8) is 0 Å². The summed E-state index contributed by atoms with van der Waals surface area (Å²) in [6.45, 7) is 56.1. The molecule has 0 aliphatic rings. The van der Waals surface area contributed by atoms with Gasteiger partial charge in [0.05, 0.1) is 0 Å². The Bertz CT molecular complexity index is 487. The van der Waals surface area contributed by atoms with Crippen LogP contribution in [0.25, 0.3) is 0 Å². The monoisotopic (exact) mass is 499 g/mol. The second-order valence-corrected chi connectivity index (χ2v) is 51.8. The molecular weight excluding hydrogens is 437 g/mol. The number of hydrogen-bond acceptors (Lipinski definition) is 0. The van der Waals surface area contributed by atoms with Gasteiger partial charge in [0, 0.05) is 0 Å². The second-order valence-electron chi connectivity index (χ2n) is 17.2. The zero-order valence-electron chi connectivity index (χ0n) is 26.0. The lowest BCUT2D eigenvalue weighted by atomic mass is 10.2. The maximum absolute atomic E-state index is 2.90. The van der Waals surface area contributed by atoms with Crippen LogP contribution in [0, 0.1) is 0 Å². The molecule has 0 aliphatic heterocycles. The molecule has 0 N–H and O–H groups in total. The maximum Gasteiger partial charge on any atom is -0.0653 e. The highest BCUT2D eigenvalue weighted by molar-refractivity contribution is 7.84. The topological polar surface area (TPSA) is 0 Å². The third-order valence-electron chi connectivity index (χ3n) is 10.5. The molecule has 4 heteroatoms. The van der Waals surface area contributed by atoms with Gasteiger partial charge in [-0.15, -0.1) is 0 Å². The molecule has 0 spiro atoms. The fourth-order valence-corrected chi connectivity index (χ4v) is 111. The normalized spacial score (nSPS) is 16.8. The van der Waals surface area contributed by atoms with E-state index in [-0.39, 0.29) is 0 Å². The highest BCUT2D eigenvalue weighted by Gasteiger charge is 2.63. The fourth-order valence-electron chi connectivity index (χ4n) is 7.12. The van der Waals surface area contributed by atoms with E-state index in [1.807, 2.05) is 0 Å². The Morgan fingerprint density at radius 3 is 0.452 bits per heavy atom. The van der Waals surface area contributed by atoms with Gasteiger partial charge in [0.15, 0.2) is 0 Å². The minimum Gasteiger partial charge on any atom is -0.246 e. The summed E-state index contributed by atoms with van der Waals surface area (Å²) in [5.41, 5.74) is 0. The first-order valence-electron chi connectivity index (χ1n) is 12.8. The summed E-state index contributed by atoms with van der Waals surface area (Å²) in [5, 5.41) is 2.39. The predicted molar refractivity (Wildman–Crippen MR) is 159 cm³/mol. The van der Waals surface area contributed by atoms with E-state index in [1.165, 1.54) is 0 Å². The summed E-state index contributed by atoms with van der Waals surface area (Å²) in [7, 11) is -5.98. The Hall–Kier alpha value is 0.868. The van der Waals surface area contributed by atoms with Gasteiger partial charge in [0.2, 0.25) is 0 Å². The lowest BCUT2D eigenvalue weighted by molar-refractivity contribution is 0.617. The third-order valence-corrected chi connectivity index (χ3v) is 81.0. The molecule has 0 rings (SSSR count). The van der Waals surface area contributed by atoms with E-state index in [2.05, 4.69) is 144 Å². The van der Waals surface area contributed by atoms with Crippen molar-refractivity contribution in [3.8, 4) is 0 Å². The molecule has 0 saturated heterocycles. The van der Waals surface area contributed by atoms with Gasteiger partial charge in [-0.3, -0.25) is 0 Å². The SMILES string of the molecule is CC(C)(C)[Si](C)([Si-]([Si](C)(C(C)(C)C)C(C)(C)C)[Si](C)(C(C)(C)C)C(C)(C)C)C(C)(C)C. The molecule has 0 bridgehead atoms. The molecule has 188 valence electrons. The molecule has 0 nitrogen and oxygen atoms in total. The first kappa shape index (κ1) is 31.9. The summed E-state index contributed by atoms with van der Waals surface area (Å²) in [6, 6.07) is 0. The van der Waals surface area contributed by atoms with Crippen molar-refractivity contribution in [2.75, 3.05) is 0 Å². The van der Waals surface area contributed by atoms with Crippen LogP contribution in [0.5, 0.6) is 0 Å². The third kappa shape index (κ3) is 4.84. The summed E-state index contributed by atoms with van der Waals surface area (Å²) in [4.78, 5) is 0. The summed E-state index contributed by atoms with van der Waals surface area (Å²) in [5.74, 6) is 0. The summed E-state index contributed by atoms with van der Waals surface area (Å²) >= 11 is 0. The van der Waals surface area contributed by atoms with Crippen molar-refractivity contribution in [2.24, 2.45) is 0 Å². The zero-order valence-corrected chi connectivity index (χ0v) is 30.0. The Morgan fingerprint density at radius 2 is 0.387 bits per heavy atom. The fraction of sp³-hybridized carbons (Fsp3) is 1.00. The smallest absolute Gasteiger partial charge is 0.0653 e. The Kier molecular flexibility index (Phi) is 8.45. The van der Waals surface area contributed by atoms with Crippen molar-refractivity contribution in [1.29, 1.82) is 0 Å². The molecule has 0 unspecified atom stereocenters. The van der Waals surface area contributed by atoms with E-state index in [1.54, 1.807) is 0 Å². The molecular formula is C27H63Si4-. The van der Waals surface area contributed by atoms with Crippen LogP contribution in [0.2, 0.25) is 49.9 Å². The average molecular weight is 500 g/mol. The van der Waals surface area contributed by atoms with Crippen LogP contribution in [-0.4, -0.2) is 30.1 Å². The average Bonchev–Trinajstić information content (AvgIpc) is 2.39. The van der Waals surface area contributed by atoms with Gasteiger partial charge in [-0.2, -0.15) is 0 Å². The van der Waals surface area contributed by atoms with E-state index in [0.29, 0.717) is 30.2 Å². The van der Waals surface area contributed by atoms with Crippen molar-refractivity contribution < 1.29 is 0 Å². The molecule has 0 fully saturated rings. The van der Waals surface area contributed by atoms with Crippen LogP contribution in [0.4, 0.5) is 0 Å². The molecule has 0 heterocycles. The van der Waals surface area contributed by atoms with Gasteiger partial charge >= 0.3 is 0 Å². The molecule has 0 aromatic rings. The molecule has 0 atom stereocenters. The van der Waals surface area contributed by atoms with E-state index >= 15 is 0 Å². The standard InChI is InChI=1S/C27H63Si4/c1-22(2,3)29(19,23(4,5)6)28(30(20,24(7,8)9)25(10,11)12)31(21,26(13,14)15)27(16,17)18/h1-21H3/q-1. The minimum absolute atomic E-state index is 0.398. The molecule has 0 amide bonds. The van der Waals surface area contributed by atoms with Crippen molar-refractivity contribution in [2.45, 2.75) is 174 Å². The van der Waals surface area contributed by atoms with E-state index in [0.717, 1.165) is 0 Å². The predicted octanol–water partition coefficient (Wildman–Crippen LogP) is 10.8. The molecule has 0 aromatic carbocycles. The Morgan fingerprint density at radius 1 is 0.290 bits per heavy atom. The number of rotatable bonds is 3. The Balaban J connectivity index is 8.29.